The van der Waals surface area contributed by atoms with Crippen LogP contribution in [0.4, 0.5) is 10.1 Å². The van der Waals surface area contributed by atoms with Crippen LogP contribution in [0.3, 0.4) is 0 Å². The van der Waals surface area contributed by atoms with Gasteiger partial charge in [0.2, 0.25) is 0 Å². The van der Waals surface area contributed by atoms with Crippen LogP contribution < -0.4 is 5.32 Å². The maximum atomic E-state index is 13.0. The molecule has 0 radical (unpaired) electrons. The van der Waals surface area contributed by atoms with E-state index >= 15 is 0 Å². The number of carbonyl (C=O) groups excluding carboxylic acids is 1. The Labute approximate surface area is 123 Å². The number of nitrogens with zero attached hydrogens (tertiary/aromatic N) is 1. The molecule has 1 aliphatic rings. The van der Waals surface area contributed by atoms with Gasteiger partial charge in [-0.15, -0.1) is 0 Å². The van der Waals surface area contributed by atoms with Gasteiger partial charge in [-0.3, -0.25) is 4.79 Å². The smallest absolute Gasteiger partial charge is 0.168 e. The van der Waals surface area contributed by atoms with E-state index in [1.54, 1.807) is 12.1 Å². The standard InChI is InChI=1S/C17H17FN2O/c1-17(2)10-19-14-8-12(15(9-21)20-16(14)17)7-11-3-5-13(18)6-4-11/h3-6,8-9,19H,7,10H2,1-2H3. The SMILES string of the molecule is CC1(C)CNc2cc(Cc3ccc(F)cc3)c(C=O)nc21. The van der Waals surface area contributed by atoms with Crippen LogP contribution in [0.5, 0.6) is 0 Å². The van der Waals surface area contributed by atoms with E-state index < -0.39 is 0 Å². The molecule has 0 aliphatic carbocycles. The van der Waals surface area contributed by atoms with Gasteiger partial charge in [0, 0.05) is 12.0 Å². The Kier molecular flexibility index (Phi) is 3.24. The second-order valence-electron chi connectivity index (χ2n) is 6.09. The van der Waals surface area contributed by atoms with Gasteiger partial charge in [-0.1, -0.05) is 26.0 Å². The number of aromatic nitrogens is 1. The molecule has 1 aromatic heterocycles. The molecule has 0 atom stereocenters. The molecule has 4 heteroatoms. The molecule has 0 unspecified atom stereocenters. The van der Waals surface area contributed by atoms with E-state index in [1.165, 1.54) is 12.1 Å². The monoisotopic (exact) mass is 284 g/mol. The molecule has 2 aromatic rings. The average molecular weight is 284 g/mol. The zero-order valence-corrected chi connectivity index (χ0v) is 12.1. The van der Waals surface area contributed by atoms with Crippen LogP contribution in [0.1, 0.15) is 41.2 Å². The first kappa shape index (κ1) is 13.7. The number of fused-ring (bicyclic) bond motifs is 1. The lowest BCUT2D eigenvalue weighted by Crippen LogP contribution is -2.20. The largest absolute Gasteiger partial charge is 0.383 e. The van der Waals surface area contributed by atoms with Gasteiger partial charge in [-0.25, -0.2) is 9.37 Å². The molecular weight excluding hydrogens is 267 g/mol. The topological polar surface area (TPSA) is 42.0 Å². The minimum atomic E-state index is -0.259. The molecule has 21 heavy (non-hydrogen) atoms. The summed E-state index contributed by atoms with van der Waals surface area (Å²) in [7, 11) is 0. The summed E-state index contributed by atoms with van der Waals surface area (Å²) in [6, 6.07) is 8.31. The van der Waals surface area contributed by atoms with Crippen molar-refractivity contribution < 1.29 is 9.18 Å². The van der Waals surface area contributed by atoms with Gasteiger partial charge in [-0.05, 0) is 35.7 Å². The normalized spacial score (nSPS) is 15.4. The predicted molar refractivity (Wildman–Crippen MR) is 80.3 cm³/mol. The van der Waals surface area contributed by atoms with E-state index in [-0.39, 0.29) is 11.2 Å². The van der Waals surface area contributed by atoms with Crippen LogP contribution in [-0.2, 0) is 11.8 Å². The molecule has 0 saturated carbocycles. The fraction of sp³-hybridized carbons (Fsp3) is 0.294. The molecule has 1 aliphatic heterocycles. The molecule has 0 bridgehead atoms. The fourth-order valence-electron chi connectivity index (χ4n) is 2.69. The van der Waals surface area contributed by atoms with E-state index in [0.717, 1.165) is 35.3 Å². The Morgan fingerprint density at radius 2 is 2.05 bits per heavy atom. The summed E-state index contributed by atoms with van der Waals surface area (Å²) in [5.74, 6) is -0.259. The number of pyridine rings is 1. The number of hydrogen-bond donors (Lipinski definition) is 1. The van der Waals surface area contributed by atoms with Gasteiger partial charge in [-0.2, -0.15) is 0 Å². The Morgan fingerprint density at radius 3 is 2.71 bits per heavy atom. The van der Waals surface area contributed by atoms with Crippen molar-refractivity contribution in [3.8, 4) is 0 Å². The van der Waals surface area contributed by atoms with Gasteiger partial charge in [0.05, 0.1) is 11.4 Å². The van der Waals surface area contributed by atoms with Crippen LogP contribution in [0.25, 0.3) is 0 Å². The van der Waals surface area contributed by atoms with Gasteiger partial charge >= 0.3 is 0 Å². The first-order valence-corrected chi connectivity index (χ1v) is 6.97. The van der Waals surface area contributed by atoms with Gasteiger partial charge < -0.3 is 5.32 Å². The van der Waals surface area contributed by atoms with Crippen LogP contribution in [0, 0.1) is 5.82 Å². The lowest BCUT2D eigenvalue weighted by Gasteiger charge is -2.16. The molecule has 3 nitrogen and oxygen atoms in total. The molecule has 0 saturated heterocycles. The Balaban J connectivity index is 1.99. The fourth-order valence-corrected chi connectivity index (χ4v) is 2.69. The summed E-state index contributed by atoms with van der Waals surface area (Å²) < 4.78 is 13.0. The zero-order chi connectivity index (χ0) is 15.0. The van der Waals surface area contributed by atoms with Gasteiger partial charge in [0.25, 0.3) is 0 Å². The predicted octanol–water partition coefficient (Wildman–Crippen LogP) is 3.33. The number of nitrogens with one attached hydrogen (secondary N) is 1. The summed E-state index contributed by atoms with van der Waals surface area (Å²) in [5.41, 5.74) is 4.14. The third-order valence-corrected chi connectivity index (χ3v) is 3.92. The van der Waals surface area contributed by atoms with Crippen LogP contribution in [0.2, 0.25) is 0 Å². The third kappa shape index (κ3) is 2.53. The molecule has 1 N–H and O–H groups in total. The first-order valence-electron chi connectivity index (χ1n) is 6.97. The second kappa shape index (κ2) is 4.95. The summed E-state index contributed by atoms with van der Waals surface area (Å²) in [6.45, 7) is 5.02. The summed E-state index contributed by atoms with van der Waals surface area (Å²) >= 11 is 0. The molecule has 0 amide bonds. The Bertz CT molecular complexity index is 693. The number of anilines is 1. The molecule has 0 fully saturated rings. The van der Waals surface area contributed by atoms with Crippen molar-refractivity contribution in [2.24, 2.45) is 0 Å². The number of aldehydes is 1. The minimum absolute atomic E-state index is 0.0680. The number of rotatable bonds is 3. The molecule has 2 heterocycles. The van der Waals surface area contributed by atoms with Crippen LogP contribution >= 0.6 is 0 Å². The number of benzene rings is 1. The molecule has 3 rings (SSSR count). The van der Waals surface area contributed by atoms with Crippen molar-refractivity contribution in [1.82, 2.24) is 4.98 Å². The summed E-state index contributed by atoms with van der Waals surface area (Å²) in [5, 5.41) is 3.34. The Morgan fingerprint density at radius 1 is 1.33 bits per heavy atom. The number of halogens is 1. The first-order chi connectivity index (χ1) is 9.99. The van der Waals surface area contributed by atoms with Crippen molar-refractivity contribution in [1.29, 1.82) is 0 Å². The lowest BCUT2D eigenvalue weighted by atomic mass is 9.90. The highest BCUT2D eigenvalue weighted by molar-refractivity contribution is 5.77. The van der Waals surface area contributed by atoms with Gasteiger partial charge in [0.15, 0.2) is 6.29 Å². The molecular formula is C17H17FN2O. The number of hydrogen-bond acceptors (Lipinski definition) is 3. The molecule has 0 spiro atoms. The van der Waals surface area contributed by atoms with Crippen molar-refractivity contribution >= 4 is 12.0 Å². The van der Waals surface area contributed by atoms with Crippen LogP contribution in [0.15, 0.2) is 30.3 Å². The van der Waals surface area contributed by atoms with Crippen molar-refractivity contribution in [3.63, 3.8) is 0 Å². The zero-order valence-electron chi connectivity index (χ0n) is 12.1. The highest BCUT2D eigenvalue weighted by atomic mass is 19.1. The quantitative estimate of drug-likeness (QED) is 0.879. The highest BCUT2D eigenvalue weighted by Crippen LogP contribution is 2.35. The van der Waals surface area contributed by atoms with E-state index in [2.05, 4.69) is 24.1 Å². The van der Waals surface area contributed by atoms with Gasteiger partial charge in [0.1, 0.15) is 11.5 Å². The second-order valence-corrected chi connectivity index (χ2v) is 6.09. The highest BCUT2D eigenvalue weighted by Gasteiger charge is 2.32. The lowest BCUT2D eigenvalue weighted by molar-refractivity contribution is 0.111. The maximum Gasteiger partial charge on any atom is 0.168 e. The van der Waals surface area contributed by atoms with Crippen molar-refractivity contribution in [3.05, 3.63) is 58.7 Å². The summed E-state index contributed by atoms with van der Waals surface area (Å²) in [4.78, 5) is 15.9. The maximum absolute atomic E-state index is 13.0. The van der Waals surface area contributed by atoms with Crippen LogP contribution in [-0.4, -0.2) is 17.8 Å². The van der Waals surface area contributed by atoms with Crippen molar-refractivity contribution in [2.45, 2.75) is 25.7 Å². The van der Waals surface area contributed by atoms with E-state index in [4.69, 9.17) is 0 Å². The van der Waals surface area contributed by atoms with E-state index in [1.807, 2.05) is 6.07 Å². The minimum Gasteiger partial charge on any atom is -0.383 e. The Hall–Kier alpha value is -2.23. The molecule has 1 aromatic carbocycles. The number of carbonyl (C=O) groups is 1. The van der Waals surface area contributed by atoms with E-state index in [0.29, 0.717) is 12.1 Å². The third-order valence-electron chi connectivity index (χ3n) is 3.92. The average Bonchev–Trinajstić information content (AvgIpc) is 2.76. The molecule has 108 valence electrons. The van der Waals surface area contributed by atoms with Crippen molar-refractivity contribution in [2.75, 3.05) is 11.9 Å². The van der Waals surface area contributed by atoms with E-state index in [9.17, 15) is 9.18 Å². The summed E-state index contributed by atoms with van der Waals surface area (Å²) in [6.07, 6.45) is 1.37.